The summed E-state index contributed by atoms with van der Waals surface area (Å²) in [7, 11) is 0. The van der Waals surface area contributed by atoms with Gasteiger partial charge in [-0.25, -0.2) is 0 Å². The SMILES string of the molecule is O=C(O)C1(c2ccc([N+](=O)[O-])s2)CC1. The van der Waals surface area contributed by atoms with E-state index in [2.05, 4.69) is 0 Å². The van der Waals surface area contributed by atoms with Crippen LogP contribution in [0.5, 0.6) is 0 Å². The average molecular weight is 213 g/mol. The Balaban J connectivity index is 2.34. The first kappa shape index (κ1) is 9.14. The van der Waals surface area contributed by atoms with Gasteiger partial charge in [0.2, 0.25) is 0 Å². The molecule has 0 radical (unpaired) electrons. The van der Waals surface area contributed by atoms with Crippen LogP contribution in [0, 0.1) is 10.1 Å². The number of carbonyl (C=O) groups is 1. The van der Waals surface area contributed by atoms with Crippen molar-refractivity contribution in [3.63, 3.8) is 0 Å². The summed E-state index contributed by atoms with van der Waals surface area (Å²) in [6.07, 6.45) is 1.17. The van der Waals surface area contributed by atoms with Crippen LogP contribution in [-0.2, 0) is 10.2 Å². The molecule has 0 aliphatic heterocycles. The van der Waals surface area contributed by atoms with Gasteiger partial charge in [-0.1, -0.05) is 11.3 Å². The molecule has 1 fully saturated rings. The molecule has 0 unspecified atom stereocenters. The fourth-order valence-electron chi connectivity index (χ4n) is 1.37. The van der Waals surface area contributed by atoms with Gasteiger partial charge in [-0.3, -0.25) is 14.9 Å². The number of thiophene rings is 1. The molecule has 1 N–H and O–H groups in total. The molecule has 1 heterocycles. The summed E-state index contributed by atoms with van der Waals surface area (Å²) in [5.41, 5.74) is -0.821. The molecular formula is C8H7NO4S. The Morgan fingerprint density at radius 2 is 2.21 bits per heavy atom. The first-order valence-electron chi connectivity index (χ1n) is 4.04. The van der Waals surface area contributed by atoms with Gasteiger partial charge in [-0.15, -0.1) is 0 Å². The van der Waals surface area contributed by atoms with Crippen molar-refractivity contribution in [1.82, 2.24) is 0 Å². The summed E-state index contributed by atoms with van der Waals surface area (Å²) >= 11 is 0.959. The Labute approximate surface area is 83.1 Å². The first-order valence-corrected chi connectivity index (χ1v) is 4.86. The number of aliphatic carboxylic acids is 1. The van der Waals surface area contributed by atoms with E-state index in [1.54, 1.807) is 6.07 Å². The predicted octanol–water partition coefficient (Wildman–Crippen LogP) is 1.77. The van der Waals surface area contributed by atoms with Crippen molar-refractivity contribution in [3.8, 4) is 0 Å². The Kier molecular flexibility index (Phi) is 1.81. The third-order valence-corrected chi connectivity index (χ3v) is 3.64. The molecular weight excluding hydrogens is 206 g/mol. The maximum atomic E-state index is 10.9. The molecule has 0 bridgehead atoms. The van der Waals surface area contributed by atoms with E-state index in [-0.39, 0.29) is 5.00 Å². The van der Waals surface area contributed by atoms with Crippen molar-refractivity contribution in [2.45, 2.75) is 18.3 Å². The van der Waals surface area contributed by atoms with Gasteiger partial charge >= 0.3 is 11.0 Å². The highest BCUT2D eigenvalue weighted by molar-refractivity contribution is 7.15. The van der Waals surface area contributed by atoms with Crippen molar-refractivity contribution in [2.24, 2.45) is 0 Å². The van der Waals surface area contributed by atoms with Gasteiger partial charge in [0.15, 0.2) is 0 Å². The Bertz CT molecular complexity index is 407. The largest absolute Gasteiger partial charge is 0.481 e. The highest BCUT2D eigenvalue weighted by Crippen LogP contribution is 2.51. The van der Waals surface area contributed by atoms with Gasteiger partial charge in [0.05, 0.1) is 4.92 Å². The fraction of sp³-hybridized carbons (Fsp3) is 0.375. The maximum Gasteiger partial charge on any atom is 0.324 e. The quantitative estimate of drug-likeness (QED) is 0.612. The zero-order chi connectivity index (χ0) is 10.3. The molecule has 0 amide bonds. The molecule has 0 spiro atoms. The first-order chi connectivity index (χ1) is 6.56. The van der Waals surface area contributed by atoms with Crippen LogP contribution in [0.4, 0.5) is 5.00 Å². The standard InChI is InChI=1S/C8H7NO4S/c10-7(11)8(3-4-8)5-1-2-6(14-5)9(12)13/h1-2H,3-4H2,(H,10,11). The molecule has 1 aromatic rings. The van der Waals surface area contributed by atoms with Crippen LogP contribution in [0.2, 0.25) is 0 Å². The lowest BCUT2D eigenvalue weighted by molar-refractivity contribution is -0.380. The molecule has 0 saturated heterocycles. The average Bonchev–Trinajstić information content (AvgIpc) is 2.77. The van der Waals surface area contributed by atoms with Crippen LogP contribution < -0.4 is 0 Å². The second-order valence-corrected chi connectivity index (χ2v) is 4.34. The molecule has 1 saturated carbocycles. The number of carboxylic acid groups (broad SMARTS) is 1. The lowest BCUT2D eigenvalue weighted by Crippen LogP contribution is -2.17. The van der Waals surface area contributed by atoms with Gasteiger partial charge in [0, 0.05) is 10.9 Å². The van der Waals surface area contributed by atoms with Crippen molar-refractivity contribution in [2.75, 3.05) is 0 Å². The maximum absolute atomic E-state index is 10.9. The lowest BCUT2D eigenvalue weighted by atomic mass is 10.1. The Morgan fingerprint density at radius 3 is 2.57 bits per heavy atom. The van der Waals surface area contributed by atoms with Crippen LogP contribution >= 0.6 is 11.3 Å². The number of nitrogens with zero attached hydrogens (tertiary/aromatic N) is 1. The third kappa shape index (κ3) is 1.19. The summed E-state index contributed by atoms with van der Waals surface area (Å²) in [6, 6.07) is 2.91. The second kappa shape index (κ2) is 2.78. The minimum Gasteiger partial charge on any atom is -0.481 e. The molecule has 0 aromatic carbocycles. The molecule has 6 heteroatoms. The van der Waals surface area contributed by atoms with E-state index >= 15 is 0 Å². The molecule has 2 rings (SSSR count). The molecule has 0 atom stereocenters. The van der Waals surface area contributed by atoms with E-state index in [1.807, 2.05) is 0 Å². The lowest BCUT2D eigenvalue weighted by Gasteiger charge is -2.04. The molecule has 74 valence electrons. The molecule has 1 aliphatic carbocycles. The summed E-state index contributed by atoms with van der Waals surface area (Å²) in [4.78, 5) is 21.4. The van der Waals surface area contributed by atoms with Gasteiger partial charge < -0.3 is 5.11 Å². The summed E-state index contributed by atoms with van der Waals surface area (Å²) in [5, 5.41) is 19.3. The van der Waals surface area contributed by atoms with Gasteiger partial charge in [0.25, 0.3) is 0 Å². The Morgan fingerprint density at radius 1 is 1.57 bits per heavy atom. The smallest absolute Gasteiger partial charge is 0.324 e. The van der Waals surface area contributed by atoms with Crippen molar-refractivity contribution >= 4 is 22.3 Å². The third-order valence-electron chi connectivity index (χ3n) is 2.40. The van der Waals surface area contributed by atoms with Gasteiger partial charge in [-0.05, 0) is 18.9 Å². The number of nitro groups is 1. The topological polar surface area (TPSA) is 80.4 Å². The van der Waals surface area contributed by atoms with E-state index in [9.17, 15) is 14.9 Å². The number of carboxylic acids is 1. The van der Waals surface area contributed by atoms with Crippen molar-refractivity contribution < 1.29 is 14.8 Å². The minimum atomic E-state index is -0.880. The highest BCUT2D eigenvalue weighted by Gasteiger charge is 2.53. The number of hydrogen-bond donors (Lipinski definition) is 1. The number of rotatable bonds is 3. The zero-order valence-corrected chi connectivity index (χ0v) is 7.91. The van der Waals surface area contributed by atoms with E-state index in [0.29, 0.717) is 17.7 Å². The monoisotopic (exact) mass is 213 g/mol. The molecule has 1 aromatic heterocycles. The predicted molar refractivity (Wildman–Crippen MR) is 49.5 cm³/mol. The number of hydrogen-bond acceptors (Lipinski definition) is 4. The Hall–Kier alpha value is -1.43. The zero-order valence-electron chi connectivity index (χ0n) is 7.10. The summed E-state index contributed by atoms with van der Waals surface area (Å²) in [5.74, 6) is -0.880. The summed E-state index contributed by atoms with van der Waals surface area (Å²) < 4.78 is 0. The van der Waals surface area contributed by atoms with E-state index < -0.39 is 16.3 Å². The minimum absolute atomic E-state index is 0.00697. The normalized spacial score (nSPS) is 17.7. The van der Waals surface area contributed by atoms with E-state index in [0.717, 1.165) is 11.3 Å². The molecule has 14 heavy (non-hydrogen) atoms. The van der Waals surface area contributed by atoms with Crippen LogP contribution in [0.15, 0.2) is 12.1 Å². The second-order valence-electron chi connectivity index (χ2n) is 3.28. The van der Waals surface area contributed by atoms with Crippen LogP contribution in [0.1, 0.15) is 17.7 Å². The highest BCUT2D eigenvalue weighted by atomic mass is 32.1. The van der Waals surface area contributed by atoms with Crippen LogP contribution in [0.3, 0.4) is 0 Å². The fourth-order valence-corrected chi connectivity index (χ4v) is 2.43. The molecule has 1 aliphatic rings. The summed E-state index contributed by atoms with van der Waals surface area (Å²) in [6.45, 7) is 0. The van der Waals surface area contributed by atoms with Gasteiger partial charge in [0.1, 0.15) is 5.41 Å². The van der Waals surface area contributed by atoms with E-state index in [1.165, 1.54) is 6.07 Å². The molecule has 5 nitrogen and oxygen atoms in total. The van der Waals surface area contributed by atoms with Gasteiger partial charge in [-0.2, -0.15) is 0 Å². The van der Waals surface area contributed by atoms with Crippen molar-refractivity contribution in [1.29, 1.82) is 0 Å². The van der Waals surface area contributed by atoms with Crippen LogP contribution in [0.25, 0.3) is 0 Å². The van der Waals surface area contributed by atoms with Crippen LogP contribution in [-0.4, -0.2) is 16.0 Å². The van der Waals surface area contributed by atoms with Crippen molar-refractivity contribution in [3.05, 3.63) is 27.1 Å². The van der Waals surface area contributed by atoms with E-state index in [4.69, 9.17) is 5.11 Å².